The van der Waals surface area contributed by atoms with Gasteiger partial charge in [-0.2, -0.15) is 0 Å². The van der Waals surface area contributed by atoms with Gasteiger partial charge in [-0.05, 0) is 57.4 Å². The molecule has 0 radical (unpaired) electrons. The molecule has 48 heavy (non-hydrogen) atoms. The van der Waals surface area contributed by atoms with Crippen molar-refractivity contribution < 1.29 is 38.3 Å². The second kappa shape index (κ2) is 34.6. The van der Waals surface area contributed by atoms with Crippen molar-refractivity contribution in [1.29, 1.82) is 0 Å². The van der Waals surface area contributed by atoms with Gasteiger partial charge >= 0.3 is 13.8 Å². The van der Waals surface area contributed by atoms with Crippen molar-refractivity contribution in [3.8, 4) is 0 Å². The van der Waals surface area contributed by atoms with Crippen molar-refractivity contribution in [2.75, 3.05) is 13.2 Å². The molecular formula is C39H67O8P. The van der Waals surface area contributed by atoms with E-state index in [1.54, 1.807) is 6.08 Å². The third-order valence-corrected chi connectivity index (χ3v) is 8.00. The molecule has 0 heterocycles. The van der Waals surface area contributed by atoms with E-state index in [9.17, 15) is 14.5 Å². The molecule has 0 rings (SSSR count). The van der Waals surface area contributed by atoms with E-state index < -0.39 is 13.9 Å². The molecule has 0 aromatic carbocycles. The van der Waals surface area contributed by atoms with Gasteiger partial charge in [0.05, 0.1) is 19.0 Å². The summed E-state index contributed by atoms with van der Waals surface area (Å²) >= 11 is 0. The van der Waals surface area contributed by atoms with E-state index in [-0.39, 0.29) is 31.7 Å². The van der Waals surface area contributed by atoms with Gasteiger partial charge in [-0.25, -0.2) is 4.57 Å². The summed E-state index contributed by atoms with van der Waals surface area (Å²) in [6.07, 6.45) is 43.7. The average molecular weight is 695 g/mol. The predicted molar refractivity (Wildman–Crippen MR) is 198 cm³/mol. The lowest BCUT2D eigenvalue weighted by atomic mass is 10.0. The van der Waals surface area contributed by atoms with Crippen LogP contribution in [-0.4, -0.2) is 46.3 Å². The molecule has 0 unspecified atom stereocenters. The zero-order valence-corrected chi connectivity index (χ0v) is 30.9. The first-order chi connectivity index (χ1) is 23.3. The zero-order chi connectivity index (χ0) is 35.4. The minimum absolute atomic E-state index is 0.146. The Hall–Kier alpha value is -2.22. The van der Waals surface area contributed by atoms with Crippen LogP contribution in [0.2, 0.25) is 0 Å². The lowest BCUT2D eigenvalue weighted by Crippen LogP contribution is -2.25. The van der Waals surface area contributed by atoms with Gasteiger partial charge < -0.3 is 24.4 Å². The van der Waals surface area contributed by atoms with Crippen LogP contribution in [0.25, 0.3) is 0 Å². The molecule has 0 spiro atoms. The van der Waals surface area contributed by atoms with E-state index in [1.165, 1.54) is 70.5 Å². The number of hydrogen-bond acceptors (Lipinski definition) is 6. The van der Waals surface area contributed by atoms with E-state index in [0.717, 1.165) is 51.4 Å². The molecule has 276 valence electrons. The summed E-state index contributed by atoms with van der Waals surface area (Å²) in [5.41, 5.74) is 0. The van der Waals surface area contributed by atoms with Crippen LogP contribution in [0.5, 0.6) is 0 Å². The zero-order valence-electron chi connectivity index (χ0n) is 30.0. The Morgan fingerprint density at radius 2 is 1.21 bits per heavy atom. The highest BCUT2D eigenvalue weighted by Gasteiger charge is 2.20. The Morgan fingerprint density at radius 1 is 0.667 bits per heavy atom. The standard InChI is InChI=1S/C39H67O8P/c1-3-5-6-7-8-9-10-11-16-19-22-25-28-31-34-45-38(36-47-48(42,43)44)35-46-39(41)33-30-27-24-21-18-15-13-12-14-17-20-23-26-29-32-37(40)4-2/h13-15,17,21,23-24,26,29,31-32,34,37-38,40H,3-12,16,18-20,22,25,27-28,30,33,35-36H2,1-2H3,(H2,42,43,44)/b15-13-,17-14-,24-21-,26-23-,32-29+,34-31+/t37-,38+/m0/s1. The fourth-order valence-corrected chi connectivity index (χ4v) is 4.95. The van der Waals surface area contributed by atoms with E-state index in [4.69, 9.17) is 19.3 Å². The molecule has 0 bridgehead atoms. The number of hydrogen-bond donors (Lipinski definition) is 3. The number of phosphoric ester groups is 1. The second-order valence-corrected chi connectivity index (χ2v) is 13.3. The maximum atomic E-state index is 12.2. The van der Waals surface area contributed by atoms with E-state index in [1.807, 2.05) is 37.3 Å². The van der Waals surface area contributed by atoms with Crippen molar-refractivity contribution in [2.45, 2.75) is 154 Å². The van der Waals surface area contributed by atoms with Crippen LogP contribution >= 0.6 is 7.82 Å². The fourth-order valence-electron chi connectivity index (χ4n) is 4.59. The molecule has 0 aromatic heterocycles. The molecule has 2 atom stereocenters. The quantitative estimate of drug-likeness (QED) is 0.0155. The molecule has 9 heteroatoms. The molecule has 0 saturated heterocycles. The van der Waals surface area contributed by atoms with Crippen molar-refractivity contribution >= 4 is 13.8 Å². The Kier molecular flexibility index (Phi) is 33.0. The predicted octanol–water partition coefficient (Wildman–Crippen LogP) is 10.5. The van der Waals surface area contributed by atoms with Gasteiger partial charge in [0.25, 0.3) is 0 Å². The highest BCUT2D eigenvalue weighted by molar-refractivity contribution is 7.46. The van der Waals surface area contributed by atoms with Crippen LogP contribution in [0.4, 0.5) is 0 Å². The van der Waals surface area contributed by atoms with Crippen molar-refractivity contribution in [3.05, 3.63) is 73.1 Å². The Labute approximate surface area is 292 Å². The minimum atomic E-state index is -4.66. The van der Waals surface area contributed by atoms with Gasteiger partial charge in [-0.15, -0.1) is 0 Å². The Balaban J connectivity index is 4.04. The second-order valence-electron chi connectivity index (χ2n) is 12.1. The minimum Gasteiger partial charge on any atom is -0.492 e. The summed E-state index contributed by atoms with van der Waals surface area (Å²) in [4.78, 5) is 30.3. The first kappa shape index (κ1) is 45.8. The summed E-state index contributed by atoms with van der Waals surface area (Å²) in [7, 11) is -4.66. The smallest absolute Gasteiger partial charge is 0.469 e. The summed E-state index contributed by atoms with van der Waals surface area (Å²) in [5.74, 6) is -0.384. The third-order valence-electron chi connectivity index (χ3n) is 7.52. The summed E-state index contributed by atoms with van der Waals surface area (Å²) in [6, 6.07) is 0. The topological polar surface area (TPSA) is 123 Å². The molecule has 3 N–H and O–H groups in total. The number of unbranched alkanes of at least 4 members (excludes halogenated alkanes) is 13. The van der Waals surface area contributed by atoms with E-state index in [0.29, 0.717) is 6.42 Å². The molecule has 0 amide bonds. The molecule has 0 aliphatic rings. The number of phosphoric acid groups is 1. The van der Waals surface area contributed by atoms with Gasteiger partial charge in [-0.1, -0.05) is 145 Å². The largest absolute Gasteiger partial charge is 0.492 e. The van der Waals surface area contributed by atoms with Crippen LogP contribution in [0, 0.1) is 0 Å². The first-order valence-corrected chi connectivity index (χ1v) is 19.9. The van der Waals surface area contributed by atoms with E-state index in [2.05, 4.69) is 41.8 Å². The normalized spacial score (nSPS) is 14.1. The van der Waals surface area contributed by atoms with Crippen molar-refractivity contribution in [3.63, 3.8) is 0 Å². The Morgan fingerprint density at radius 3 is 1.79 bits per heavy atom. The SMILES string of the molecule is CCCCCCCCCCCCCC/C=C/O[C@H](COC(=O)CCC/C=C\C/C=C\C/C=C\C/C=C\C=C\[C@@H](O)CC)COP(=O)(O)O. The van der Waals surface area contributed by atoms with Crippen LogP contribution in [-0.2, 0) is 23.4 Å². The molecule has 0 aromatic rings. The lowest BCUT2D eigenvalue weighted by Gasteiger charge is -2.17. The highest BCUT2D eigenvalue weighted by atomic mass is 31.2. The van der Waals surface area contributed by atoms with Gasteiger partial charge in [0.1, 0.15) is 6.61 Å². The number of ether oxygens (including phenoxy) is 2. The van der Waals surface area contributed by atoms with Crippen molar-refractivity contribution in [1.82, 2.24) is 0 Å². The fraction of sp³-hybridized carbons (Fsp3) is 0.667. The molecule has 0 fully saturated rings. The summed E-state index contributed by atoms with van der Waals surface area (Å²) in [5, 5.41) is 9.44. The number of aliphatic hydroxyl groups is 1. The monoisotopic (exact) mass is 694 g/mol. The summed E-state index contributed by atoms with van der Waals surface area (Å²) < 4.78 is 26.6. The lowest BCUT2D eigenvalue weighted by molar-refractivity contribution is -0.147. The molecule has 8 nitrogen and oxygen atoms in total. The van der Waals surface area contributed by atoms with Gasteiger partial charge in [0, 0.05) is 6.42 Å². The van der Waals surface area contributed by atoms with Crippen LogP contribution in [0.15, 0.2) is 73.1 Å². The number of carbonyl (C=O) groups is 1. The average Bonchev–Trinajstić information content (AvgIpc) is 3.06. The van der Waals surface area contributed by atoms with Crippen LogP contribution < -0.4 is 0 Å². The number of carbonyl (C=O) groups excluding carboxylic acids is 1. The van der Waals surface area contributed by atoms with Crippen LogP contribution in [0.1, 0.15) is 142 Å². The molecule has 0 saturated carbocycles. The van der Waals surface area contributed by atoms with Gasteiger partial charge in [0.15, 0.2) is 6.10 Å². The van der Waals surface area contributed by atoms with Crippen LogP contribution in [0.3, 0.4) is 0 Å². The molecular weight excluding hydrogens is 627 g/mol. The summed E-state index contributed by atoms with van der Waals surface area (Å²) in [6.45, 7) is 3.66. The van der Waals surface area contributed by atoms with E-state index >= 15 is 0 Å². The number of allylic oxidation sites excluding steroid dienone is 10. The maximum absolute atomic E-state index is 12.2. The van der Waals surface area contributed by atoms with Gasteiger partial charge in [0.2, 0.25) is 0 Å². The van der Waals surface area contributed by atoms with Gasteiger partial charge in [-0.3, -0.25) is 9.32 Å². The highest BCUT2D eigenvalue weighted by Crippen LogP contribution is 2.35. The number of rotatable bonds is 33. The molecule has 0 aliphatic heterocycles. The third kappa shape index (κ3) is 36.6. The van der Waals surface area contributed by atoms with Crippen molar-refractivity contribution in [2.24, 2.45) is 0 Å². The number of aliphatic hydroxyl groups excluding tert-OH is 1. The maximum Gasteiger partial charge on any atom is 0.469 e. The first-order valence-electron chi connectivity index (χ1n) is 18.4. The Bertz CT molecular complexity index is 963. The molecule has 0 aliphatic carbocycles. The number of esters is 1.